The number of alkyl carbamates (subject to hydrolysis) is 1. The molecule has 3 nitrogen and oxygen atoms in total. The van der Waals surface area contributed by atoms with Crippen LogP contribution in [0.3, 0.4) is 0 Å². The molecule has 0 spiro atoms. The fourth-order valence-corrected chi connectivity index (χ4v) is 1.28. The molecule has 1 amide bonds. The number of rotatable bonds is 6. The summed E-state index contributed by atoms with van der Waals surface area (Å²) in [6.07, 6.45) is 3.94. The highest BCUT2D eigenvalue weighted by molar-refractivity contribution is 7.99. The zero-order valence-corrected chi connectivity index (χ0v) is 9.45. The highest BCUT2D eigenvalue weighted by atomic mass is 32.2. The third-order valence-electron chi connectivity index (χ3n) is 1.73. The average Bonchev–Trinajstić information content (AvgIpc) is 2.12. The van der Waals surface area contributed by atoms with Crippen LogP contribution >= 0.6 is 11.8 Å². The van der Waals surface area contributed by atoms with E-state index in [1.54, 1.807) is 6.92 Å². The molecule has 0 saturated heterocycles. The van der Waals surface area contributed by atoms with Gasteiger partial charge in [0.15, 0.2) is 0 Å². The van der Waals surface area contributed by atoms with Crippen molar-refractivity contribution in [2.45, 2.75) is 31.9 Å². The second kappa shape index (κ2) is 8.23. The smallest absolute Gasteiger partial charge is 0.407 e. The Kier molecular flexibility index (Phi) is 7.99. The van der Waals surface area contributed by atoms with E-state index in [2.05, 4.69) is 18.5 Å². The van der Waals surface area contributed by atoms with Crippen LogP contribution in [0.5, 0.6) is 0 Å². The van der Waals surface area contributed by atoms with Crippen molar-refractivity contribution in [1.29, 1.82) is 0 Å². The average molecular weight is 205 g/mol. The molecule has 0 aliphatic carbocycles. The summed E-state index contributed by atoms with van der Waals surface area (Å²) < 4.78 is 4.72. The standard InChI is InChI=1S/C9H19NO2S/c1-4-12-9(11)10-7-5-6-8(2)13-3/h8H,4-7H2,1-3H3,(H,10,11). The first kappa shape index (κ1) is 12.6. The number of carbonyl (C=O) groups is 1. The molecule has 78 valence electrons. The molecule has 0 aliphatic heterocycles. The van der Waals surface area contributed by atoms with Gasteiger partial charge in [-0.2, -0.15) is 11.8 Å². The number of thioether (sulfide) groups is 1. The molecule has 0 saturated carbocycles. The fraction of sp³-hybridized carbons (Fsp3) is 0.889. The van der Waals surface area contributed by atoms with E-state index in [0.29, 0.717) is 18.4 Å². The Balaban J connectivity index is 3.20. The van der Waals surface area contributed by atoms with E-state index < -0.39 is 0 Å². The highest BCUT2D eigenvalue weighted by Gasteiger charge is 2.01. The zero-order chi connectivity index (χ0) is 10.1. The van der Waals surface area contributed by atoms with Crippen LogP contribution in [0.25, 0.3) is 0 Å². The number of ether oxygens (including phenoxy) is 1. The van der Waals surface area contributed by atoms with Gasteiger partial charge in [0.2, 0.25) is 0 Å². The van der Waals surface area contributed by atoms with Gasteiger partial charge in [0.25, 0.3) is 0 Å². The maximum Gasteiger partial charge on any atom is 0.407 e. The Bertz CT molecular complexity index is 142. The van der Waals surface area contributed by atoms with Gasteiger partial charge in [-0.1, -0.05) is 6.92 Å². The van der Waals surface area contributed by atoms with Crippen molar-refractivity contribution in [3.05, 3.63) is 0 Å². The Morgan fingerprint density at radius 3 is 2.85 bits per heavy atom. The van der Waals surface area contributed by atoms with Crippen LogP contribution in [0.1, 0.15) is 26.7 Å². The summed E-state index contributed by atoms with van der Waals surface area (Å²) in [6.45, 7) is 5.14. The third kappa shape index (κ3) is 7.96. The van der Waals surface area contributed by atoms with Gasteiger partial charge in [-0.25, -0.2) is 4.79 Å². The molecule has 0 aromatic carbocycles. The van der Waals surface area contributed by atoms with Crippen LogP contribution in [-0.2, 0) is 4.74 Å². The van der Waals surface area contributed by atoms with Crippen molar-refractivity contribution in [1.82, 2.24) is 5.32 Å². The van der Waals surface area contributed by atoms with E-state index >= 15 is 0 Å². The van der Waals surface area contributed by atoms with Crippen molar-refractivity contribution < 1.29 is 9.53 Å². The lowest BCUT2D eigenvalue weighted by Crippen LogP contribution is -2.25. The van der Waals surface area contributed by atoms with E-state index in [1.165, 1.54) is 0 Å². The second-order valence-corrected chi connectivity index (χ2v) is 4.11. The molecule has 0 aliphatic rings. The molecule has 0 bridgehead atoms. The number of amides is 1. The molecule has 0 fully saturated rings. The summed E-state index contributed by atoms with van der Waals surface area (Å²) in [5.41, 5.74) is 0. The first-order valence-electron chi connectivity index (χ1n) is 4.64. The van der Waals surface area contributed by atoms with Crippen LogP contribution in [0.4, 0.5) is 4.79 Å². The summed E-state index contributed by atoms with van der Waals surface area (Å²) in [6, 6.07) is 0. The van der Waals surface area contributed by atoms with E-state index in [0.717, 1.165) is 12.8 Å². The fourth-order valence-electron chi connectivity index (χ4n) is 0.880. The quantitative estimate of drug-likeness (QED) is 0.676. The Morgan fingerprint density at radius 2 is 2.31 bits per heavy atom. The minimum absolute atomic E-state index is 0.306. The van der Waals surface area contributed by atoms with Gasteiger partial charge in [-0.05, 0) is 26.0 Å². The van der Waals surface area contributed by atoms with Crippen LogP contribution in [-0.4, -0.2) is 30.8 Å². The minimum atomic E-state index is -0.306. The molecule has 0 aromatic rings. The summed E-state index contributed by atoms with van der Waals surface area (Å²) in [7, 11) is 0. The molecule has 0 heterocycles. The summed E-state index contributed by atoms with van der Waals surface area (Å²) in [5, 5.41) is 3.36. The predicted molar refractivity (Wildman–Crippen MR) is 57.2 cm³/mol. The van der Waals surface area contributed by atoms with Gasteiger partial charge >= 0.3 is 6.09 Å². The number of nitrogens with one attached hydrogen (secondary N) is 1. The van der Waals surface area contributed by atoms with E-state index in [1.807, 2.05) is 11.8 Å². The Hall–Kier alpha value is -0.380. The molecule has 0 aromatic heterocycles. The molecule has 13 heavy (non-hydrogen) atoms. The largest absolute Gasteiger partial charge is 0.450 e. The Morgan fingerprint density at radius 1 is 1.62 bits per heavy atom. The highest BCUT2D eigenvalue weighted by Crippen LogP contribution is 2.10. The van der Waals surface area contributed by atoms with E-state index in [9.17, 15) is 4.79 Å². The summed E-state index contributed by atoms with van der Waals surface area (Å²) >= 11 is 1.85. The molecule has 4 heteroatoms. The SMILES string of the molecule is CCOC(=O)NCCCC(C)SC. The van der Waals surface area contributed by atoms with Crippen molar-refractivity contribution in [3.8, 4) is 0 Å². The normalized spacial score (nSPS) is 12.2. The first-order valence-corrected chi connectivity index (χ1v) is 5.93. The first-order chi connectivity index (χ1) is 6.20. The van der Waals surface area contributed by atoms with Crippen molar-refractivity contribution >= 4 is 17.9 Å². The number of hydrogen-bond donors (Lipinski definition) is 1. The topological polar surface area (TPSA) is 38.3 Å². The second-order valence-electron chi connectivity index (χ2n) is 2.84. The van der Waals surface area contributed by atoms with E-state index in [4.69, 9.17) is 4.74 Å². The molecule has 1 atom stereocenters. The molecule has 1 unspecified atom stereocenters. The van der Waals surface area contributed by atoms with Gasteiger partial charge in [0.05, 0.1) is 6.61 Å². The lowest BCUT2D eigenvalue weighted by Gasteiger charge is -2.08. The van der Waals surface area contributed by atoms with E-state index in [-0.39, 0.29) is 6.09 Å². The maximum atomic E-state index is 10.8. The van der Waals surface area contributed by atoms with Crippen molar-refractivity contribution in [2.75, 3.05) is 19.4 Å². The van der Waals surface area contributed by atoms with Crippen LogP contribution in [0.2, 0.25) is 0 Å². The summed E-state index contributed by atoms with van der Waals surface area (Å²) in [4.78, 5) is 10.8. The van der Waals surface area contributed by atoms with Gasteiger partial charge < -0.3 is 10.1 Å². The van der Waals surface area contributed by atoms with Gasteiger partial charge in [0.1, 0.15) is 0 Å². The van der Waals surface area contributed by atoms with Crippen LogP contribution in [0.15, 0.2) is 0 Å². The molecule has 1 N–H and O–H groups in total. The zero-order valence-electron chi connectivity index (χ0n) is 8.63. The minimum Gasteiger partial charge on any atom is -0.450 e. The monoisotopic (exact) mass is 205 g/mol. The Labute approximate surface area is 84.6 Å². The van der Waals surface area contributed by atoms with Crippen LogP contribution in [0, 0.1) is 0 Å². The summed E-state index contributed by atoms with van der Waals surface area (Å²) in [5.74, 6) is 0. The molecular formula is C9H19NO2S. The van der Waals surface area contributed by atoms with Gasteiger partial charge in [-0.3, -0.25) is 0 Å². The molecule has 0 radical (unpaired) electrons. The maximum absolute atomic E-state index is 10.8. The van der Waals surface area contributed by atoms with Crippen molar-refractivity contribution in [3.63, 3.8) is 0 Å². The lowest BCUT2D eigenvalue weighted by molar-refractivity contribution is 0.152. The molecular weight excluding hydrogens is 186 g/mol. The third-order valence-corrected chi connectivity index (χ3v) is 2.78. The van der Waals surface area contributed by atoms with Gasteiger partial charge in [0, 0.05) is 11.8 Å². The van der Waals surface area contributed by atoms with Crippen molar-refractivity contribution in [2.24, 2.45) is 0 Å². The number of carbonyl (C=O) groups excluding carboxylic acids is 1. The number of hydrogen-bond acceptors (Lipinski definition) is 3. The van der Waals surface area contributed by atoms with Gasteiger partial charge in [-0.15, -0.1) is 0 Å². The lowest BCUT2D eigenvalue weighted by atomic mass is 10.2. The molecule has 0 rings (SSSR count). The predicted octanol–water partition coefficient (Wildman–Crippen LogP) is 2.26. The van der Waals surface area contributed by atoms with Crippen LogP contribution < -0.4 is 5.32 Å².